The molecule has 0 unspecified atom stereocenters. The van der Waals surface area contributed by atoms with Gasteiger partial charge in [-0.2, -0.15) is 13.2 Å². The highest BCUT2D eigenvalue weighted by Crippen LogP contribution is 2.40. The Balaban J connectivity index is 1.50. The molecule has 2 N–H and O–H groups in total. The molecule has 0 bridgehead atoms. The number of hydrogen-bond acceptors (Lipinski definition) is 8. The van der Waals surface area contributed by atoms with Gasteiger partial charge in [-0.3, -0.25) is 10.0 Å². The summed E-state index contributed by atoms with van der Waals surface area (Å²) in [5, 5.41) is 8.56. The second-order valence-corrected chi connectivity index (χ2v) is 5.52. The molecule has 0 spiro atoms. The van der Waals surface area contributed by atoms with Crippen molar-refractivity contribution in [3.63, 3.8) is 0 Å². The van der Waals surface area contributed by atoms with Gasteiger partial charge in [0.05, 0.1) is 30.0 Å². The fraction of sp³-hybridized carbons (Fsp3) is 0.214. The molecule has 2 aromatic rings. The zero-order valence-electron chi connectivity index (χ0n) is 12.9. The van der Waals surface area contributed by atoms with Crippen LogP contribution >= 0.6 is 0 Å². The molecule has 0 saturated heterocycles. The van der Waals surface area contributed by atoms with E-state index in [1.165, 1.54) is 17.9 Å². The average molecular weight is 365 g/mol. The van der Waals surface area contributed by atoms with Crippen LogP contribution in [0.1, 0.15) is 16.1 Å². The van der Waals surface area contributed by atoms with Crippen LogP contribution in [0.4, 0.5) is 25.1 Å². The van der Waals surface area contributed by atoms with Crippen LogP contribution in [0.2, 0.25) is 0 Å². The number of nitrogens with one attached hydrogen (secondary N) is 1. The number of nitrogens with zero attached hydrogens (tertiary/aromatic N) is 6. The zero-order chi connectivity index (χ0) is 18.5. The van der Waals surface area contributed by atoms with Crippen LogP contribution in [0.15, 0.2) is 36.1 Å². The summed E-state index contributed by atoms with van der Waals surface area (Å²) in [5.41, 5.74) is 2.23. The molecule has 2 aromatic heterocycles. The monoisotopic (exact) mass is 365 g/mol. The van der Waals surface area contributed by atoms with E-state index < -0.39 is 17.8 Å². The Kier molecular flexibility index (Phi) is 3.50. The fourth-order valence-corrected chi connectivity index (χ4v) is 2.63. The number of alkyl halides is 3. The smallest absolute Gasteiger partial charge is 0.305 e. The molecule has 1 amide bonds. The molecule has 2 aliphatic heterocycles. The Labute approximate surface area is 143 Å². The van der Waals surface area contributed by atoms with E-state index in [0.717, 1.165) is 23.7 Å². The number of aromatic nitrogens is 4. The summed E-state index contributed by atoms with van der Waals surface area (Å²) in [6.45, 7) is 0.722. The van der Waals surface area contributed by atoms with E-state index in [0.29, 0.717) is 19.0 Å². The van der Waals surface area contributed by atoms with Gasteiger partial charge in [0.15, 0.2) is 0 Å². The number of rotatable bonds is 3. The Morgan fingerprint density at radius 2 is 1.69 bits per heavy atom. The van der Waals surface area contributed by atoms with Crippen molar-refractivity contribution in [2.45, 2.75) is 6.18 Å². The maximum Gasteiger partial charge on any atom is 0.433 e. The van der Waals surface area contributed by atoms with Gasteiger partial charge in [0, 0.05) is 18.6 Å². The van der Waals surface area contributed by atoms with Crippen molar-refractivity contribution in [1.82, 2.24) is 25.4 Å². The lowest BCUT2D eigenvalue weighted by atomic mass is 10.0. The average Bonchev–Trinajstić information content (AvgIpc) is 2.62. The van der Waals surface area contributed by atoms with Crippen LogP contribution in [-0.4, -0.2) is 44.1 Å². The van der Waals surface area contributed by atoms with Gasteiger partial charge in [-0.1, -0.05) is 0 Å². The maximum absolute atomic E-state index is 12.7. The number of hydrogen-bond donors (Lipinski definition) is 2. The summed E-state index contributed by atoms with van der Waals surface area (Å²) in [7, 11) is 0. The van der Waals surface area contributed by atoms with Crippen molar-refractivity contribution >= 4 is 17.8 Å². The summed E-state index contributed by atoms with van der Waals surface area (Å²) in [6.07, 6.45) is -0.923. The van der Waals surface area contributed by atoms with Crippen LogP contribution in [0.3, 0.4) is 0 Å². The van der Waals surface area contributed by atoms with Crippen molar-refractivity contribution in [2.75, 3.05) is 22.9 Å². The third-order valence-electron chi connectivity index (χ3n) is 4.02. The van der Waals surface area contributed by atoms with Gasteiger partial charge in [0.2, 0.25) is 11.9 Å². The Hall–Kier alpha value is -3.28. The molecule has 26 heavy (non-hydrogen) atoms. The van der Waals surface area contributed by atoms with E-state index in [9.17, 15) is 18.0 Å². The quantitative estimate of drug-likeness (QED) is 0.612. The van der Waals surface area contributed by atoms with Crippen LogP contribution in [-0.2, 0) is 6.18 Å². The number of carbonyl (C=O) groups is 1. The molecule has 0 saturated carbocycles. The molecule has 2 aliphatic rings. The van der Waals surface area contributed by atoms with E-state index in [4.69, 9.17) is 5.21 Å². The first kappa shape index (κ1) is 16.2. The predicted octanol–water partition coefficient (Wildman–Crippen LogP) is 0.956. The van der Waals surface area contributed by atoms with Crippen molar-refractivity contribution in [2.24, 2.45) is 0 Å². The van der Waals surface area contributed by atoms with Crippen LogP contribution in [0, 0.1) is 0 Å². The summed E-state index contributed by atoms with van der Waals surface area (Å²) in [4.78, 5) is 30.1. The van der Waals surface area contributed by atoms with Crippen molar-refractivity contribution < 1.29 is 23.2 Å². The minimum atomic E-state index is -4.53. The van der Waals surface area contributed by atoms with Crippen molar-refractivity contribution in [3.8, 4) is 0 Å². The SMILES string of the molecule is O=C(NO)c1cnc(N2CC3=C2CN3c2nccc(C(F)(F)F)n2)nc1. The molecule has 12 heteroatoms. The molecule has 0 fully saturated rings. The third kappa shape index (κ3) is 2.50. The largest absolute Gasteiger partial charge is 0.433 e. The molecule has 0 aromatic carbocycles. The topological polar surface area (TPSA) is 107 Å². The molecule has 9 nitrogen and oxygen atoms in total. The lowest BCUT2D eigenvalue weighted by Gasteiger charge is -2.50. The number of halogens is 3. The molecule has 0 aliphatic carbocycles. The summed E-state index contributed by atoms with van der Waals surface area (Å²) in [5.74, 6) is -0.381. The molecule has 4 rings (SSSR count). The van der Waals surface area contributed by atoms with Crippen LogP contribution in [0.25, 0.3) is 0 Å². The number of anilines is 2. The summed E-state index contributed by atoms with van der Waals surface area (Å²) >= 11 is 0. The molecule has 0 radical (unpaired) electrons. The van der Waals surface area contributed by atoms with Gasteiger partial charge >= 0.3 is 6.18 Å². The van der Waals surface area contributed by atoms with E-state index in [-0.39, 0.29) is 11.5 Å². The molecule has 134 valence electrons. The minimum absolute atomic E-state index is 0.00546. The van der Waals surface area contributed by atoms with Crippen LogP contribution < -0.4 is 15.3 Å². The van der Waals surface area contributed by atoms with Gasteiger partial charge in [-0.15, -0.1) is 0 Å². The highest BCUT2D eigenvalue weighted by Gasteiger charge is 2.43. The van der Waals surface area contributed by atoms with Crippen molar-refractivity contribution in [3.05, 3.63) is 47.3 Å². The first-order chi connectivity index (χ1) is 12.4. The normalized spacial score (nSPS) is 16.0. The Bertz CT molecular complexity index is 914. The van der Waals surface area contributed by atoms with Gasteiger partial charge in [-0.05, 0) is 6.07 Å². The van der Waals surface area contributed by atoms with E-state index >= 15 is 0 Å². The zero-order valence-corrected chi connectivity index (χ0v) is 12.9. The third-order valence-corrected chi connectivity index (χ3v) is 4.02. The predicted molar refractivity (Wildman–Crippen MR) is 80.0 cm³/mol. The molecular weight excluding hydrogens is 355 g/mol. The Morgan fingerprint density at radius 1 is 1.08 bits per heavy atom. The highest BCUT2D eigenvalue weighted by molar-refractivity contribution is 5.92. The fourth-order valence-electron chi connectivity index (χ4n) is 2.63. The van der Waals surface area contributed by atoms with E-state index in [1.54, 1.807) is 9.80 Å². The first-order valence-electron chi connectivity index (χ1n) is 7.32. The first-order valence-corrected chi connectivity index (χ1v) is 7.32. The summed E-state index contributed by atoms with van der Waals surface area (Å²) < 4.78 is 38.2. The second-order valence-electron chi connectivity index (χ2n) is 5.52. The Morgan fingerprint density at radius 3 is 2.23 bits per heavy atom. The second kappa shape index (κ2) is 5.62. The number of amides is 1. The highest BCUT2D eigenvalue weighted by atomic mass is 19.4. The van der Waals surface area contributed by atoms with Gasteiger partial charge < -0.3 is 9.80 Å². The van der Waals surface area contributed by atoms with E-state index in [2.05, 4.69) is 19.9 Å². The van der Waals surface area contributed by atoms with Crippen LogP contribution in [0.5, 0.6) is 0 Å². The van der Waals surface area contributed by atoms with Gasteiger partial charge in [0.1, 0.15) is 5.69 Å². The van der Waals surface area contributed by atoms with Crippen molar-refractivity contribution in [1.29, 1.82) is 0 Å². The minimum Gasteiger partial charge on any atom is -0.305 e. The van der Waals surface area contributed by atoms with E-state index in [1.807, 2.05) is 0 Å². The lowest BCUT2D eigenvalue weighted by Crippen LogP contribution is -2.57. The molecular formula is C14H10F3N7O2. The molecule has 4 heterocycles. The van der Waals surface area contributed by atoms with Gasteiger partial charge in [0.25, 0.3) is 5.91 Å². The number of hydroxylamine groups is 1. The number of piperazine rings is 1. The number of carbonyl (C=O) groups excluding carboxylic acids is 1. The standard InChI is InChI=1S/C14H10F3N7O2/c15-14(16,17)10-1-2-18-13(21-10)24-6-8-9(24)5-23(8)12-19-3-7(4-20-12)11(25)22-26/h1-4,26H,5-6H2,(H,22,25). The molecule has 0 atom stereocenters. The summed E-state index contributed by atoms with van der Waals surface area (Å²) in [6, 6.07) is 0.823. The lowest BCUT2D eigenvalue weighted by molar-refractivity contribution is -0.141. The maximum atomic E-state index is 12.7. The van der Waals surface area contributed by atoms with Gasteiger partial charge in [-0.25, -0.2) is 25.4 Å².